The van der Waals surface area contributed by atoms with Crippen molar-refractivity contribution in [2.45, 2.75) is 23.6 Å². The third-order valence-electron chi connectivity index (χ3n) is 4.18. The van der Waals surface area contributed by atoms with Gasteiger partial charge in [-0.05, 0) is 48.1 Å². The van der Waals surface area contributed by atoms with Gasteiger partial charge in [0.25, 0.3) is 10.0 Å². The molecule has 0 saturated carbocycles. The minimum atomic E-state index is -3.44. The summed E-state index contributed by atoms with van der Waals surface area (Å²) in [6, 6.07) is 7.09. The van der Waals surface area contributed by atoms with Crippen LogP contribution in [0.4, 0.5) is 0 Å². The predicted molar refractivity (Wildman–Crippen MR) is 82.9 cm³/mol. The highest BCUT2D eigenvalue weighted by molar-refractivity contribution is 7.91. The van der Waals surface area contributed by atoms with Crippen molar-refractivity contribution in [1.29, 1.82) is 0 Å². The lowest BCUT2D eigenvalue weighted by Crippen LogP contribution is -2.38. The van der Waals surface area contributed by atoms with E-state index in [1.165, 1.54) is 11.3 Å². The van der Waals surface area contributed by atoms with Crippen LogP contribution >= 0.6 is 11.3 Å². The molecule has 1 atom stereocenters. The summed E-state index contributed by atoms with van der Waals surface area (Å²) in [5.74, 6) is 1.45. The number of fused-ring (bicyclic) bond motifs is 2. The lowest BCUT2D eigenvalue weighted by atomic mass is 9.94. The highest BCUT2D eigenvalue weighted by atomic mass is 32.2. The third-order valence-corrected chi connectivity index (χ3v) is 7.52. The van der Waals surface area contributed by atoms with Crippen LogP contribution < -0.4 is 9.47 Å². The first-order valence-electron chi connectivity index (χ1n) is 7.05. The Balaban J connectivity index is 1.75. The molecule has 1 aromatic heterocycles. The lowest BCUT2D eigenvalue weighted by molar-refractivity contribution is 0.174. The summed E-state index contributed by atoms with van der Waals surface area (Å²) >= 11 is 1.25. The number of nitrogens with zero attached hydrogens (tertiary/aromatic N) is 1. The van der Waals surface area contributed by atoms with E-state index in [0.29, 0.717) is 22.9 Å². The second-order valence-corrected chi connectivity index (χ2v) is 8.44. The van der Waals surface area contributed by atoms with Gasteiger partial charge in [0, 0.05) is 12.6 Å². The Morgan fingerprint density at radius 1 is 1.27 bits per heavy atom. The molecule has 116 valence electrons. The van der Waals surface area contributed by atoms with Crippen LogP contribution in [0, 0.1) is 0 Å². The van der Waals surface area contributed by atoms with Crippen LogP contribution in [0.15, 0.2) is 33.9 Å². The van der Waals surface area contributed by atoms with E-state index >= 15 is 0 Å². The quantitative estimate of drug-likeness (QED) is 0.845. The molecular formula is C15H15NO4S2. The summed E-state index contributed by atoms with van der Waals surface area (Å²) in [4.78, 5) is 0. The van der Waals surface area contributed by atoms with Crippen molar-refractivity contribution < 1.29 is 17.9 Å². The van der Waals surface area contributed by atoms with Gasteiger partial charge < -0.3 is 9.47 Å². The Morgan fingerprint density at radius 3 is 2.77 bits per heavy atom. The van der Waals surface area contributed by atoms with E-state index in [4.69, 9.17) is 9.47 Å². The van der Waals surface area contributed by atoms with Crippen LogP contribution in [0.25, 0.3) is 0 Å². The molecule has 7 heteroatoms. The maximum Gasteiger partial charge on any atom is 0.253 e. The maximum atomic E-state index is 12.8. The fourth-order valence-electron chi connectivity index (χ4n) is 3.04. The van der Waals surface area contributed by atoms with E-state index in [0.717, 1.165) is 16.9 Å². The zero-order valence-corrected chi connectivity index (χ0v) is 13.6. The summed E-state index contributed by atoms with van der Waals surface area (Å²) in [6.45, 7) is 2.63. The molecule has 2 aromatic rings. The first-order valence-corrected chi connectivity index (χ1v) is 9.37. The summed E-state index contributed by atoms with van der Waals surface area (Å²) in [5, 5.41) is 1.79. The largest absolute Gasteiger partial charge is 0.454 e. The number of hydrogen-bond donors (Lipinski definition) is 0. The molecule has 0 spiro atoms. The summed E-state index contributed by atoms with van der Waals surface area (Å²) < 4.78 is 38.3. The molecule has 22 heavy (non-hydrogen) atoms. The highest BCUT2D eigenvalue weighted by Crippen LogP contribution is 2.42. The number of benzene rings is 1. The zero-order chi connectivity index (χ0) is 15.3. The normalized spacial score (nSPS) is 20.9. The van der Waals surface area contributed by atoms with Gasteiger partial charge in [0.05, 0.1) is 0 Å². The van der Waals surface area contributed by atoms with E-state index in [9.17, 15) is 8.42 Å². The monoisotopic (exact) mass is 337 g/mol. The molecule has 0 bridgehead atoms. The molecule has 5 nitrogen and oxygen atoms in total. The van der Waals surface area contributed by atoms with Crippen molar-refractivity contribution in [2.24, 2.45) is 0 Å². The fraction of sp³-hybridized carbons (Fsp3) is 0.333. The van der Waals surface area contributed by atoms with Crippen LogP contribution in [-0.4, -0.2) is 26.1 Å². The van der Waals surface area contributed by atoms with Gasteiger partial charge in [-0.3, -0.25) is 0 Å². The molecule has 3 heterocycles. The molecule has 0 radical (unpaired) electrons. The van der Waals surface area contributed by atoms with E-state index in [-0.39, 0.29) is 12.8 Å². The van der Waals surface area contributed by atoms with Gasteiger partial charge in [-0.1, -0.05) is 6.07 Å². The van der Waals surface area contributed by atoms with Gasteiger partial charge in [0.15, 0.2) is 11.5 Å². The molecule has 1 unspecified atom stereocenters. The summed E-state index contributed by atoms with van der Waals surface area (Å²) in [7, 11) is -3.44. The zero-order valence-electron chi connectivity index (χ0n) is 12.0. The van der Waals surface area contributed by atoms with Gasteiger partial charge in [-0.25, -0.2) is 8.42 Å². The molecule has 0 N–H and O–H groups in total. The molecule has 2 aliphatic rings. The topological polar surface area (TPSA) is 55.8 Å². The fourth-order valence-corrected chi connectivity index (χ4v) is 5.77. The van der Waals surface area contributed by atoms with Gasteiger partial charge in [-0.2, -0.15) is 4.31 Å². The standard InChI is InChI=1S/C15H15NO4S2/c1-10-12-8-14-13(19-9-20-14)7-11(12)4-5-16(10)22(17,18)15-3-2-6-21-15/h2-3,6-8,10H,4-5,9H2,1H3. The maximum absolute atomic E-state index is 12.8. The molecule has 2 aliphatic heterocycles. The van der Waals surface area contributed by atoms with Crippen LogP contribution in [0.5, 0.6) is 11.5 Å². The minimum absolute atomic E-state index is 0.217. The summed E-state index contributed by atoms with van der Waals surface area (Å²) in [6.07, 6.45) is 0.681. The van der Waals surface area contributed by atoms with E-state index < -0.39 is 10.0 Å². The Morgan fingerprint density at radius 2 is 2.05 bits per heavy atom. The molecule has 0 fully saturated rings. The van der Waals surface area contributed by atoms with Crippen molar-refractivity contribution in [3.63, 3.8) is 0 Å². The summed E-state index contributed by atoms with van der Waals surface area (Å²) in [5.41, 5.74) is 2.13. The van der Waals surface area contributed by atoms with Gasteiger partial charge >= 0.3 is 0 Å². The van der Waals surface area contributed by atoms with Crippen molar-refractivity contribution >= 4 is 21.4 Å². The van der Waals surface area contributed by atoms with Crippen LogP contribution in [-0.2, 0) is 16.4 Å². The molecule has 0 amide bonds. The Hall–Kier alpha value is -1.57. The number of hydrogen-bond acceptors (Lipinski definition) is 5. The van der Waals surface area contributed by atoms with Crippen molar-refractivity contribution in [2.75, 3.05) is 13.3 Å². The van der Waals surface area contributed by atoms with Gasteiger partial charge in [-0.15, -0.1) is 11.3 Å². The Kier molecular flexibility index (Phi) is 3.18. The molecule has 0 saturated heterocycles. The number of rotatable bonds is 2. The first kappa shape index (κ1) is 14.0. The number of sulfonamides is 1. The first-order chi connectivity index (χ1) is 10.6. The van der Waals surface area contributed by atoms with Gasteiger partial charge in [0.1, 0.15) is 4.21 Å². The van der Waals surface area contributed by atoms with Crippen molar-refractivity contribution in [1.82, 2.24) is 4.31 Å². The average molecular weight is 337 g/mol. The molecular weight excluding hydrogens is 322 g/mol. The van der Waals surface area contributed by atoms with Crippen LogP contribution in [0.3, 0.4) is 0 Å². The molecule has 0 aliphatic carbocycles. The Bertz CT molecular complexity index is 814. The third kappa shape index (κ3) is 2.04. The van der Waals surface area contributed by atoms with E-state index in [1.807, 2.05) is 19.1 Å². The lowest BCUT2D eigenvalue weighted by Gasteiger charge is -2.34. The molecule has 1 aromatic carbocycles. The van der Waals surface area contributed by atoms with Crippen molar-refractivity contribution in [3.8, 4) is 11.5 Å². The van der Waals surface area contributed by atoms with Crippen LogP contribution in [0.1, 0.15) is 24.1 Å². The predicted octanol–water partition coefficient (Wildman–Crippen LogP) is 2.78. The highest BCUT2D eigenvalue weighted by Gasteiger charge is 2.35. The minimum Gasteiger partial charge on any atom is -0.454 e. The van der Waals surface area contributed by atoms with Gasteiger partial charge in [0.2, 0.25) is 6.79 Å². The second kappa shape index (κ2) is 4.97. The van der Waals surface area contributed by atoms with Crippen LogP contribution in [0.2, 0.25) is 0 Å². The average Bonchev–Trinajstić information content (AvgIpc) is 3.17. The number of ether oxygens (including phenoxy) is 2. The second-order valence-electron chi connectivity index (χ2n) is 5.38. The SMILES string of the molecule is CC1c2cc3c(cc2CCN1S(=O)(=O)c1cccs1)OCO3. The van der Waals surface area contributed by atoms with Crippen molar-refractivity contribution in [3.05, 3.63) is 40.8 Å². The van der Waals surface area contributed by atoms with E-state index in [2.05, 4.69) is 0 Å². The van der Waals surface area contributed by atoms with E-state index in [1.54, 1.807) is 21.8 Å². The number of thiophene rings is 1. The molecule has 4 rings (SSSR count). The Labute approximate surface area is 133 Å². The smallest absolute Gasteiger partial charge is 0.253 e.